The topological polar surface area (TPSA) is 106 Å². The zero-order chi connectivity index (χ0) is 27.5. The molecule has 0 radical (unpaired) electrons. The molecule has 3 aromatic heterocycles. The lowest BCUT2D eigenvalue weighted by Gasteiger charge is -2.14. The molecule has 1 saturated heterocycles. The third kappa shape index (κ3) is 5.73. The standard InChI is InChI=1S/C27H29Cl2N7O3/c1-34-16-18(14-22(34)25(37)30-9-6-12-35-10-3-4-11-35)32-27-31-15-17-13-19(23-20(28)7-5-8-21(23)29)26(38)36(39-2)24(17)33-27/h5,7-8,13-16H,3-4,6,9-12H2,1-2H3,(H,30,37)(H,31,32,33). The molecule has 1 aromatic carbocycles. The summed E-state index contributed by atoms with van der Waals surface area (Å²) in [5.41, 5.74) is 1.61. The Morgan fingerprint density at radius 1 is 1.15 bits per heavy atom. The first-order valence-corrected chi connectivity index (χ1v) is 13.5. The summed E-state index contributed by atoms with van der Waals surface area (Å²) < 4.78 is 2.81. The van der Waals surface area contributed by atoms with Crippen molar-refractivity contribution in [3.63, 3.8) is 0 Å². The molecule has 0 spiro atoms. The minimum Gasteiger partial charge on any atom is -0.412 e. The molecule has 2 N–H and O–H groups in total. The minimum absolute atomic E-state index is 0.148. The number of anilines is 2. The van der Waals surface area contributed by atoms with Gasteiger partial charge < -0.3 is 24.9 Å². The van der Waals surface area contributed by atoms with Crippen LogP contribution in [0.25, 0.3) is 22.2 Å². The number of hydrogen-bond donors (Lipinski definition) is 2. The van der Waals surface area contributed by atoms with Gasteiger partial charge in [-0.3, -0.25) is 9.59 Å². The van der Waals surface area contributed by atoms with Crippen LogP contribution in [0.4, 0.5) is 11.6 Å². The third-order valence-electron chi connectivity index (χ3n) is 6.75. The monoisotopic (exact) mass is 569 g/mol. The molecule has 0 aliphatic carbocycles. The van der Waals surface area contributed by atoms with Gasteiger partial charge in [-0.25, -0.2) is 4.98 Å². The number of nitrogens with zero attached hydrogens (tertiary/aromatic N) is 5. The van der Waals surface area contributed by atoms with E-state index in [1.54, 1.807) is 54.3 Å². The van der Waals surface area contributed by atoms with Crippen LogP contribution in [-0.2, 0) is 7.05 Å². The van der Waals surface area contributed by atoms with E-state index in [9.17, 15) is 9.59 Å². The van der Waals surface area contributed by atoms with Crippen molar-refractivity contribution >= 4 is 51.8 Å². The molecule has 39 heavy (non-hydrogen) atoms. The Bertz CT molecular complexity index is 1560. The van der Waals surface area contributed by atoms with Crippen LogP contribution in [0.5, 0.6) is 0 Å². The van der Waals surface area contributed by atoms with Gasteiger partial charge in [0.25, 0.3) is 11.5 Å². The summed E-state index contributed by atoms with van der Waals surface area (Å²) in [6.45, 7) is 3.91. The number of halogens is 2. The van der Waals surface area contributed by atoms with Crippen molar-refractivity contribution in [3.8, 4) is 11.1 Å². The average molecular weight is 570 g/mol. The van der Waals surface area contributed by atoms with Gasteiger partial charge in [-0.2, -0.15) is 4.98 Å². The number of nitrogens with one attached hydrogen (secondary N) is 2. The number of aromatic nitrogens is 4. The van der Waals surface area contributed by atoms with Crippen LogP contribution in [0.1, 0.15) is 29.8 Å². The van der Waals surface area contributed by atoms with Crippen molar-refractivity contribution < 1.29 is 9.63 Å². The number of hydrogen-bond acceptors (Lipinski definition) is 7. The van der Waals surface area contributed by atoms with Gasteiger partial charge in [0.15, 0.2) is 5.65 Å². The fourth-order valence-electron chi connectivity index (χ4n) is 4.82. The molecular weight excluding hydrogens is 541 g/mol. The van der Waals surface area contributed by atoms with Gasteiger partial charge in [-0.05, 0) is 63.2 Å². The molecule has 0 bridgehead atoms. The maximum atomic E-state index is 13.3. The number of benzene rings is 1. The minimum atomic E-state index is -0.465. The maximum absolute atomic E-state index is 13.3. The predicted molar refractivity (Wildman–Crippen MR) is 153 cm³/mol. The predicted octanol–water partition coefficient (Wildman–Crippen LogP) is 4.12. The van der Waals surface area contributed by atoms with Gasteiger partial charge in [0.2, 0.25) is 5.95 Å². The highest BCUT2D eigenvalue weighted by molar-refractivity contribution is 6.39. The summed E-state index contributed by atoms with van der Waals surface area (Å²) in [4.78, 5) is 42.7. The molecule has 4 aromatic rings. The number of pyridine rings is 1. The Hall–Kier alpha value is -3.60. The van der Waals surface area contributed by atoms with Crippen molar-refractivity contribution in [1.29, 1.82) is 0 Å². The van der Waals surface area contributed by atoms with Gasteiger partial charge in [0, 0.05) is 36.9 Å². The van der Waals surface area contributed by atoms with E-state index in [2.05, 4.69) is 25.5 Å². The summed E-state index contributed by atoms with van der Waals surface area (Å²) in [7, 11) is 3.18. The normalized spacial score (nSPS) is 13.6. The van der Waals surface area contributed by atoms with E-state index >= 15 is 0 Å². The van der Waals surface area contributed by atoms with Crippen LogP contribution in [0.15, 0.2) is 47.5 Å². The van der Waals surface area contributed by atoms with E-state index < -0.39 is 5.56 Å². The van der Waals surface area contributed by atoms with E-state index in [0.29, 0.717) is 38.9 Å². The van der Waals surface area contributed by atoms with E-state index in [1.165, 1.54) is 20.0 Å². The molecule has 12 heteroatoms. The lowest BCUT2D eigenvalue weighted by molar-refractivity contribution is 0.0944. The SMILES string of the molecule is COn1c(=O)c(-c2c(Cl)cccc2Cl)cc2cnc(Nc3cc(C(=O)NCCCN4CCCC4)n(C)c3)nc21. The van der Waals surface area contributed by atoms with Gasteiger partial charge in [-0.15, -0.1) is 4.73 Å². The molecule has 1 aliphatic heterocycles. The number of carbonyl (C=O) groups excluding carboxylic acids is 1. The van der Waals surface area contributed by atoms with Crippen molar-refractivity contribution in [3.05, 3.63) is 68.8 Å². The Morgan fingerprint density at radius 3 is 2.62 bits per heavy atom. The molecule has 10 nitrogen and oxygen atoms in total. The molecule has 204 valence electrons. The number of amides is 1. The highest BCUT2D eigenvalue weighted by Crippen LogP contribution is 2.33. The number of aryl methyl sites for hydroxylation is 1. The largest absolute Gasteiger partial charge is 0.412 e. The maximum Gasteiger partial charge on any atom is 0.293 e. The first-order valence-electron chi connectivity index (χ1n) is 12.7. The molecule has 1 aliphatic rings. The van der Waals surface area contributed by atoms with E-state index in [1.807, 2.05) is 0 Å². The summed E-state index contributed by atoms with van der Waals surface area (Å²) in [5.74, 6) is 0.0878. The smallest absolute Gasteiger partial charge is 0.293 e. The van der Waals surface area contributed by atoms with Crippen LogP contribution in [0.3, 0.4) is 0 Å². The van der Waals surface area contributed by atoms with Gasteiger partial charge >= 0.3 is 0 Å². The fraction of sp³-hybridized carbons (Fsp3) is 0.333. The third-order valence-corrected chi connectivity index (χ3v) is 7.38. The van der Waals surface area contributed by atoms with Crippen LogP contribution >= 0.6 is 23.2 Å². The number of rotatable bonds is 9. The first-order chi connectivity index (χ1) is 18.9. The van der Waals surface area contributed by atoms with Crippen LogP contribution in [0, 0.1) is 0 Å². The molecule has 4 heterocycles. The Labute approximate surface area is 235 Å². The summed E-state index contributed by atoms with van der Waals surface area (Å²) in [6.07, 6.45) is 6.78. The Balaban J connectivity index is 1.34. The number of likely N-dealkylation sites (tertiary alicyclic amines) is 1. The highest BCUT2D eigenvalue weighted by atomic mass is 35.5. The second kappa shape index (κ2) is 11.6. The van der Waals surface area contributed by atoms with Gasteiger partial charge in [-0.1, -0.05) is 29.3 Å². The van der Waals surface area contributed by atoms with E-state index in [0.717, 1.165) is 30.8 Å². The highest BCUT2D eigenvalue weighted by Gasteiger charge is 2.19. The Morgan fingerprint density at radius 2 is 1.90 bits per heavy atom. The molecule has 0 unspecified atom stereocenters. The lowest BCUT2D eigenvalue weighted by Crippen LogP contribution is -2.29. The molecular formula is C27H29Cl2N7O3. The van der Waals surface area contributed by atoms with Crippen molar-refractivity contribution in [2.45, 2.75) is 19.3 Å². The number of fused-ring (bicyclic) bond motifs is 1. The van der Waals surface area contributed by atoms with Crippen molar-refractivity contribution in [2.24, 2.45) is 7.05 Å². The Kier molecular flexibility index (Phi) is 8.06. The molecule has 0 atom stereocenters. The van der Waals surface area contributed by atoms with Gasteiger partial charge in [0.1, 0.15) is 12.8 Å². The van der Waals surface area contributed by atoms with Crippen LogP contribution in [0.2, 0.25) is 10.0 Å². The zero-order valence-corrected chi connectivity index (χ0v) is 23.2. The second-order valence-electron chi connectivity index (χ2n) is 9.42. The zero-order valence-electron chi connectivity index (χ0n) is 21.7. The molecule has 1 fully saturated rings. The summed E-state index contributed by atoms with van der Waals surface area (Å²) in [6, 6.07) is 8.40. The van der Waals surface area contributed by atoms with E-state index in [4.69, 9.17) is 28.0 Å². The van der Waals surface area contributed by atoms with E-state index in [-0.39, 0.29) is 23.1 Å². The lowest BCUT2D eigenvalue weighted by atomic mass is 10.1. The summed E-state index contributed by atoms with van der Waals surface area (Å²) >= 11 is 12.7. The average Bonchev–Trinajstić information content (AvgIpc) is 3.56. The van der Waals surface area contributed by atoms with Crippen LogP contribution in [-0.4, -0.2) is 63.4 Å². The number of carbonyl (C=O) groups is 1. The first kappa shape index (κ1) is 27.0. The van der Waals surface area contributed by atoms with Crippen LogP contribution < -0.4 is 21.0 Å². The second-order valence-corrected chi connectivity index (χ2v) is 10.2. The van der Waals surface area contributed by atoms with Crippen molar-refractivity contribution in [1.82, 2.24) is 29.5 Å². The van der Waals surface area contributed by atoms with Crippen molar-refractivity contribution in [2.75, 3.05) is 38.6 Å². The molecule has 1 amide bonds. The van der Waals surface area contributed by atoms with Gasteiger partial charge in [0.05, 0.1) is 21.3 Å². The molecule has 0 saturated carbocycles. The quantitative estimate of drug-likeness (QED) is 0.292. The fourth-order valence-corrected chi connectivity index (χ4v) is 5.42. The summed E-state index contributed by atoms with van der Waals surface area (Å²) in [5, 5.41) is 7.34. The molecule has 5 rings (SSSR count).